The van der Waals surface area contributed by atoms with Gasteiger partial charge in [-0.1, -0.05) is 29.3 Å². The van der Waals surface area contributed by atoms with Crippen LogP contribution < -0.4 is 9.47 Å². The van der Waals surface area contributed by atoms with Gasteiger partial charge in [0.2, 0.25) is 10.0 Å². The summed E-state index contributed by atoms with van der Waals surface area (Å²) in [7, 11) is -2.40. The number of halogens is 2. The van der Waals surface area contributed by atoms with Crippen LogP contribution in [0.4, 0.5) is 0 Å². The Balaban J connectivity index is 1.81. The van der Waals surface area contributed by atoms with Gasteiger partial charge < -0.3 is 14.2 Å². The molecule has 156 valence electrons. The number of morpholine rings is 1. The van der Waals surface area contributed by atoms with Gasteiger partial charge in [0, 0.05) is 18.1 Å². The molecule has 29 heavy (non-hydrogen) atoms. The maximum Gasteiger partial charge on any atom is 0.315 e. The van der Waals surface area contributed by atoms with Crippen molar-refractivity contribution >= 4 is 39.2 Å². The Hall–Kier alpha value is -1.84. The average molecular weight is 460 g/mol. The molecule has 0 amide bonds. The quantitative estimate of drug-likeness (QED) is 0.487. The van der Waals surface area contributed by atoms with Crippen LogP contribution in [0.3, 0.4) is 0 Å². The molecule has 0 spiro atoms. The van der Waals surface area contributed by atoms with E-state index in [-0.39, 0.29) is 40.9 Å². The lowest BCUT2D eigenvalue weighted by Crippen LogP contribution is -2.40. The summed E-state index contributed by atoms with van der Waals surface area (Å²) in [5, 5.41) is 0.624. The number of carbonyl (C=O) groups is 1. The highest BCUT2D eigenvalue weighted by Gasteiger charge is 2.29. The van der Waals surface area contributed by atoms with E-state index in [9.17, 15) is 13.2 Å². The van der Waals surface area contributed by atoms with E-state index in [1.807, 2.05) is 0 Å². The lowest BCUT2D eigenvalue weighted by Gasteiger charge is -2.26. The minimum atomic E-state index is -3.79. The third-order valence-corrected chi connectivity index (χ3v) is 6.73. The zero-order chi connectivity index (χ0) is 21.0. The molecule has 0 bridgehead atoms. The van der Waals surface area contributed by atoms with E-state index in [1.165, 1.54) is 35.7 Å². The number of nitrogens with zero attached hydrogens (tertiary/aromatic N) is 1. The van der Waals surface area contributed by atoms with Gasteiger partial charge in [-0.25, -0.2) is 8.42 Å². The number of hydrogen-bond donors (Lipinski definition) is 0. The maximum atomic E-state index is 13.0. The van der Waals surface area contributed by atoms with Gasteiger partial charge in [0.25, 0.3) is 0 Å². The largest absolute Gasteiger partial charge is 0.495 e. The molecule has 1 aliphatic heterocycles. The number of benzene rings is 2. The van der Waals surface area contributed by atoms with Crippen LogP contribution in [-0.4, -0.2) is 52.1 Å². The molecule has 2 aromatic rings. The van der Waals surface area contributed by atoms with Crippen molar-refractivity contribution in [1.82, 2.24) is 4.31 Å². The molecule has 0 unspecified atom stereocenters. The first-order chi connectivity index (χ1) is 13.8. The predicted molar refractivity (Wildman–Crippen MR) is 108 cm³/mol. The zero-order valence-electron chi connectivity index (χ0n) is 15.6. The number of rotatable bonds is 6. The van der Waals surface area contributed by atoms with E-state index in [0.29, 0.717) is 23.8 Å². The van der Waals surface area contributed by atoms with Crippen LogP contribution in [0, 0.1) is 0 Å². The van der Waals surface area contributed by atoms with Crippen molar-refractivity contribution in [3.05, 3.63) is 52.0 Å². The van der Waals surface area contributed by atoms with Gasteiger partial charge in [-0.3, -0.25) is 4.79 Å². The first-order valence-corrected chi connectivity index (χ1v) is 10.9. The fourth-order valence-electron chi connectivity index (χ4n) is 2.84. The number of esters is 1. The summed E-state index contributed by atoms with van der Waals surface area (Å²) < 4.78 is 43.1. The molecule has 2 aromatic carbocycles. The summed E-state index contributed by atoms with van der Waals surface area (Å²) in [4.78, 5) is 12.3. The van der Waals surface area contributed by atoms with Crippen LogP contribution in [-0.2, 0) is 26.0 Å². The first-order valence-electron chi connectivity index (χ1n) is 8.72. The molecule has 1 fully saturated rings. The van der Waals surface area contributed by atoms with Crippen molar-refractivity contribution in [2.75, 3.05) is 33.4 Å². The van der Waals surface area contributed by atoms with Crippen LogP contribution in [0.5, 0.6) is 11.5 Å². The highest BCUT2D eigenvalue weighted by atomic mass is 35.5. The van der Waals surface area contributed by atoms with Crippen molar-refractivity contribution in [2.24, 2.45) is 0 Å². The Kier molecular flexibility index (Phi) is 7.02. The SMILES string of the molecule is COc1ccc(CC(=O)Oc2ccc(Cl)cc2Cl)cc1S(=O)(=O)N1CCOCC1. The average Bonchev–Trinajstić information content (AvgIpc) is 2.70. The highest BCUT2D eigenvalue weighted by molar-refractivity contribution is 7.89. The van der Waals surface area contributed by atoms with Crippen molar-refractivity contribution in [3.8, 4) is 11.5 Å². The van der Waals surface area contributed by atoms with Crippen molar-refractivity contribution in [2.45, 2.75) is 11.3 Å². The van der Waals surface area contributed by atoms with Crippen molar-refractivity contribution in [1.29, 1.82) is 0 Å². The molecule has 0 aromatic heterocycles. The number of hydrogen-bond acceptors (Lipinski definition) is 6. The third kappa shape index (κ3) is 5.21. The molecule has 3 rings (SSSR count). The Labute approximate surface area is 179 Å². The van der Waals surface area contributed by atoms with Gasteiger partial charge in [0.05, 0.1) is 31.8 Å². The van der Waals surface area contributed by atoms with Crippen molar-refractivity contribution in [3.63, 3.8) is 0 Å². The summed E-state index contributed by atoms with van der Waals surface area (Å²) in [5.74, 6) is -0.209. The minimum Gasteiger partial charge on any atom is -0.495 e. The fourth-order valence-corrected chi connectivity index (χ4v) is 4.90. The topological polar surface area (TPSA) is 82.1 Å². The number of methoxy groups -OCH3 is 1. The lowest BCUT2D eigenvalue weighted by molar-refractivity contribution is -0.133. The summed E-state index contributed by atoms with van der Waals surface area (Å²) >= 11 is 11.8. The summed E-state index contributed by atoms with van der Waals surface area (Å²) in [6.45, 7) is 1.17. The molecule has 0 N–H and O–H groups in total. The monoisotopic (exact) mass is 459 g/mol. The second kappa shape index (κ2) is 9.32. The van der Waals surface area contributed by atoms with Crippen LogP contribution in [0.15, 0.2) is 41.3 Å². The van der Waals surface area contributed by atoms with Crippen LogP contribution in [0.1, 0.15) is 5.56 Å². The summed E-state index contributed by atoms with van der Waals surface area (Å²) in [5.41, 5.74) is 0.465. The highest BCUT2D eigenvalue weighted by Crippen LogP contribution is 2.30. The Morgan fingerprint density at radius 1 is 1.10 bits per heavy atom. The molecular weight excluding hydrogens is 441 g/mol. The zero-order valence-corrected chi connectivity index (χ0v) is 17.9. The number of ether oxygens (including phenoxy) is 3. The van der Waals surface area contributed by atoms with E-state index in [2.05, 4.69) is 0 Å². The van der Waals surface area contributed by atoms with E-state index >= 15 is 0 Å². The Morgan fingerprint density at radius 3 is 2.45 bits per heavy atom. The molecule has 0 radical (unpaired) electrons. The number of carbonyl (C=O) groups excluding carboxylic acids is 1. The maximum absolute atomic E-state index is 13.0. The molecular formula is C19H19Cl2NO6S. The van der Waals surface area contributed by atoms with Gasteiger partial charge in [-0.2, -0.15) is 4.31 Å². The van der Waals surface area contributed by atoms with Gasteiger partial charge in [-0.05, 0) is 35.9 Å². The molecule has 0 atom stereocenters. The second-order valence-electron chi connectivity index (χ2n) is 6.23. The molecule has 10 heteroatoms. The van der Waals surface area contributed by atoms with E-state index in [4.69, 9.17) is 37.4 Å². The van der Waals surface area contributed by atoms with Gasteiger partial charge in [-0.15, -0.1) is 0 Å². The predicted octanol–water partition coefficient (Wildman–Crippen LogP) is 3.17. The smallest absolute Gasteiger partial charge is 0.315 e. The third-order valence-electron chi connectivity index (χ3n) is 4.28. The molecule has 7 nitrogen and oxygen atoms in total. The molecule has 0 saturated carbocycles. The van der Waals surface area contributed by atoms with Gasteiger partial charge >= 0.3 is 5.97 Å². The fraction of sp³-hybridized carbons (Fsp3) is 0.316. The van der Waals surface area contributed by atoms with Crippen LogP contribution >= 0.6 is 23.2 Å². The molecule has 1 aliphatic rings. The summed E-state index contributed by atoms with van der Waals surface area (Å²) in [6, 6.07) is 9.06. The van der Waals surface area contributed by atoms with E-state index in [1.54, 1.807) is 12.1 Å². The van der Waals surface area contributed by atoms with Crippen LogP contribution in [0.25, 0.3) is 0 Å². The first kappa shape index (κ1) is 21.9. The molecule has 1 heterocycles. The molecule has 1 saturated heterocycles. The summed E-state index contributed by atoms with van der Waals surface area (Å²) in [6.07, 6.45) is -0.144. The van der Waals surface area contributed by atoms with E-state index in [0.717, 1.165) is 0 Å². The van der Waals surface area contributed by atoms with Crippen molar-refractivity contribution < 1.29 is 27.4 Å². The van der Waals surface area contributed by atoms with E-state index < -0.39 is 16.0 Å². The lowest BCUT2D eigenvalue weighted by atomic mass is 10.1. The Bertz CT molecular complexity index is 1010. The van der Waals surface area contributed by atoms with Crippen LogP contribution in [0.2, 0.25) is 10.0 Å². The normalized spacial score (nSPS) is 15.1. The minimum absolute atomic E-state index is 0.00303. The van der Waals surface area contributed by atoms with Gasteiger partial charge in [0.1, 0.15) is 16.4 Å². The second-order valence-corrected chi connectivity index (χ2v) is 8.98. The molecule has 0 aliphatic carbocycles. The number of sulfonamides is 1. The van der Waals surface area contributed by atoms with Gasteiger partial charge in [0.15, 0.2) is 0 Å². The Morgan fingerprint density at radius 2 is 1.79 bits per heavy atom. The standard InChI is InChI=1S/C19H19Cl2NO6S/c1-26-17-4-2-13(10-18(17)29(24,25)22-6-8-27-9-7-22)11-19(23)28-16-5-3-14(20)12-15(16)21/h2-5,10,12H,6-9,11H2,1H3.